The Hall–Kier alpha value is -2.42. The van der Waals surface area contributed by atoms with Crippen molar-refractivity contribution in [1.82, 2.24) is 4.31 Å². The Morgan fingerprint density at radius 2 is 1.72 bits per heavy atom. The Kier molecular flexibility index (Phi) is 6.26. The van der Waals surface area contributed by atoms with Crippen molar-refractivity contribution in [2.45, 2.75) is 18.7 Å². The SMILES string of the molecule is Cc1ccc(OC(=O)c2cc(S(=O)(=O)N(C)C)ccc2N2CCOCC2)cc1C. The van der Waals surface area contributed by atoms with Gasteiger partial charge >= 0.3 is 5.97 Å². The van der Waals surface area contributed by atoms with Crippen LogP contribution < -0.4 is 9.64 Å². The lowest BCUT2D eigenvalue weighted by molar-refractivity contribution is 0.0733. The van der Waals surface area contributed by atoms with Gasteiger partial charge in [0.1, 0.15) is 5.75 Å². The van der Waals surface area contributed by atoms with Gasteiger partial charge in [-0.3, -0.25) is 0 Å². The maximum atomic E-state index is 13.0. The number of sulfonamides is 1. The molecule has 0 aliphatic carbocycles. The third-order valence-corrected chi connectivity index (χ3v) is 6.82. The summed E-state index contributed by atoms with van der Waals surface area (Å²) in [4.78, 5) is 15.1. The predicted octanol–water partition coefficient (Wildman–Crippen LogP) is 2.61. The molecule has 1 heterocycles. The summed E-state index contributed by atoms with van der Waals surface area (Å²) in [7, 11) is -0.770. The number of hydrogen-bond acceptors (Lipinski definition) is 6. The molecular formula is C21H26N2O5S. The van der Waals surface area contributed by atoms with E-state index in [0.29, 0.717) is 37.7 Å². The average molecular weight is 419 g/mol. The smallest absolute Gasteiger partial charge is 0.345 e. The van der Waals surface area contributed by atoms with Gasteiger partial charge in [0.25, 0.3) is 0 Å². The van der Waals surface area contributed by atoms with Gasteiger partial charge in [-0.25, -0.2) is 17.5 Å². The van der Waals surface area contributed by atoms with E-state index in [4.69, 9.17) is 9.47 Å². The number of esters is 1. The molecule has 0 amide bonds. The van der Waals surface area contributed by atoms with Crippen molar-refractivity contribution in [2.75, 3.05) is 45.3 Å². The Morgan fingerprint density at radius 3 is 2.34 bits per heavy atom. The Labute approximate surface area is 171 Å². The van der Waals surface area contributed by atoms with Crippen LogP contribution in [0, 0.1) is 13.8 Å². The molecule has 0 aromatic heterocycles. The first-order chi connectivity index (χ1) is 13.7. The summed E-state index contributed by atoms with van der Waals surface area (Å²) >= 11 is 0. The quantitative estimate of drug-likeness (QED) is 0.549. The molecule has 29 heavy (non-hydrogen) atoms. The summed E-state index contributed by atoms with van der Waals surface area (Å²) in [6.07, 6.45) is 0. The van der Waals surface area contributed by atoms with Crippen molar-refractivity contribution in [2.24, 2.45) is 0 Å². The number of hydrogen-bond donors (Lipinski definition) is 0. The summed E-state index contributed by atoms with van der Waals surface area (Å²) in [5, 5.41) is 0. The van der Waals surface area contributed by atoms with Crippen LogP contribution in [-0.2, 0) is 14.8 Å². The van der Waals surface area contributed by atoms with Crippen LogP contribution in [0.15, 0.2) is 41.3 Å². The molecule has 1 fully saturated rings. The van der Waals surface area contributed by atoms with E-state index in [-0.39, 0.29) is 10.5 Å². The van der Waals surface area contributed by atoms with Gasteiger partial charge in [-0.15, -0.1) is 0 Å². The molecule has 1 aliphatic heterocycles. The second-order valence-electron chi connectivity index (χ2n) is 7.20. The maximum absolute atomic E-state index is 13.0. The fraction of sp³-hybridized carbons (Fsp3) is 0.381. The zero-order valence-corrected chi connectivity index (χ0v) is 18.0. The van der Waals surface area contributed by atoms with Crippen LogP contribution in [0.25, 0.3) is 0 Å². The maximum Gasteiger partial charge on any atom is 0.345 e. The molecule has 0 N–H and O–H groups in total. The molecule has 7 nitrogen and oxygen atoms in total. The molecule has 0 unspecified atom stereocenters. The second-order valence-corrected chi connectivity index (χ2v) is 9.35. The Bertz CT molecular complexity index is 1010. The average Bonchev–Trinajstić information content (AvgIpc) is 2.70. The summed E-state index contributed by atoms with van der Waals surface area (Å²) in [6, 6.07) is 9.99. The van der Waals surface area contributed by atoms with Gasteiger partial charge in [-0.05, 0) is 55.3 Å². The molecule has 2 aromatic carbocycles. The van der Waals surface area contributed by atoms with E-state index in [2.05, 4.69) is 0 Å². The van der Waals surface area contributed by atoms with Gasteiger partial charge in [-0.2, -0.15) is 0 Å². The predicted molar refractivity (Wildman–Crippen MR) is 111 cm³/mol. The summed E-state index contributed by atoms with van der Waals surface area (Å²) in [6.45, 7) is 6.24. The molecule has 8 heteroatoms. The van der Waals surface area contributed by atoms with E-state index in [9.17, 15) is 13.2 Å². The van der Waals surface area contributed by atoms with E-state index in [1.807, 2.05) is 24.8 Å². The molecule has 3 rings (SSSR count). The minimum absolute atomic E-state index is 0.0477. The highest BCUT2D eigenvalue weighted by atomic mass is 32.2. The molecule has 0 atom stereocenters. The van der Waals surface area contributed by atoms with Crippen molar-refractivity contribution >= 4 is 21.7 Å². The van der Waals surface area contributed by atoms with Crippen LogP contribution in [0.3, 0.4) is 0 Å². The summed E-state index contributed by atoms with van der Waals surface area (Å²) in [5.74, 6) is -0.169. The van der Waals surface area contributed by atoms with Gasteiger partial charge < -0.3 is 14.4 Å². The summed E-state index contributed by atoms with van der Waals surface area (Å²) < 4.78 is 37.3. The minimum Gasteiger partial charge on any atom is -0.423 e. The van der Waals surface area contributed by atoms with Crippen molar-refractivity contribution in [3.8, 4) is 5.75 Å². The van der Waals surface area contributed by atoms with Gasteiger partial charge in [0.05, 0.1) is 29.4 Å². The fourth-order valence-electron chi connectivity index (χ4n) is 3.07. The largest absolute Gasteiger partial charge is 0.423 e. The highest BCUT2D eigenvalue weighted by Crippen LogP contribution is 2.28. The van der Waals surface area contributed by atoms with Gasteiger partial charge in [0.2, 0.25) is 10.0 Å². The summed E-state index contributed by atoms with van der Waals surface area (Å²) in [5.41, 5.74) is 2.96. The first kappa shape index (κ1) is 21.3. The van der Waals surface area contributed by atoms with Gasteiger partial charge in [-0.1, -0.05) is 6.07 Å². The standard InChI is InChI=1S/C21H26N2O5S/c1-15-5-6-17(13-16(15)2)28-21(24)19-14-18(29(25,26)22(3)4)7-8-20(19)23-9-11-27-12-10-23/h5-8,13-14H,9-12H2,1-4H3. The molecule has 1 aliphatic rings. The van der Waals surface area contributed by atoms with Crippen LogP contribution in [0.2, 0.25) is 0 Å². The number of carbonyl (C=O) groups excluding carboxylic acids is 1. The number of aryl methyl sites for hydroxylation is 2. The van der Waals surface area contributed by atoms with E-state index in [0.717, 1.165) is 15.4 Å². The number of benzene rings is 2. The van der Waals surface area contributed by atoms with Crippen LogP contribution >= 0.6 is 0 Å². The minimum atomic E-state index is -3.68. The number of rotatable bonds is 5. The lowest BCUT2D eigenvalue weighted by atomic mass is 10.1. The van der Waals surface area contributed by atoms with Gasteiger partial charge in [0, 0.05) is 27.2 Å². The van der Waals surface area contributed by atoms with Crippen LogP contribution in [0.4, 0.5) is 5.69 Å². The van der Waals surface area contributed by atoms with E-state index < -0.39 is 16.0 Å². The number of ether oxygens (including phenoxy) is 2. The Balaban J connectivity index is 2.02. The van der Waals surface area contributed by atoms with Crippen molar-refractivity contribution < 1.29 is 22.7 Å². The molecule has 0 saturated carbocycles. The molecule has 0 spiro atoms. The first-order valence-corrected chi connectivity index (χ1v) is 10.8. The first-order valence-electron chi connectivity index (χ1n) is 9.39. The van der Waals surface area contributed by atoms with E-state index >= 15 is 0 Å². The topological polar surface area (TPSA) is 76.2 Å². The van der Waals surface area contributed by atoms with Crippen LogP contribution in [-0.4, -0.2) is 59.1 Å². The molecule has 0 bridgehead atoms. The monoisotopic (exact) mass is 418 g/mol. The normalized spacial score (nSPS) is 14.9. The highest BCUT2D eigenvalue weighted by molar-refractivity contribution is 7.89. The molecule has 156 valence electrons. The van der Waals surface area contributed by atoms with Gasteiger partial charge in [0.15, 0.2) is 0 Å². The van der Waals surface area contributed by atoms with Crippen molar-refractivity contribution in [1.29, 1.82) is 0 Å². The zero-order chi connectivity index (χ0) is 21.2. The Morgan fingerprint density at radius 1 is 1.03 bits per heavy atom. The number of nitrogens with zero attached hydrogens (tertiary/aromatic N) is 2. The lowest BCUT2D eigenvalue weighted by Crippen LogP contribution is -2.37. The third kappa shape index (κ3) is 4.60. The molecule has 0 radical (unpaired) electrons. The number of anilines is 1. The number of morpholine rings is 1. The van der Waals surface area contributed by atoms with E-state index in [1.54, 1.807) is 18.2 Å². The zero-order valence-electron chi connectivity index (χ0n) is 17.1. The number of carbonyl (C=O) groups is 1. The molecule has 1 saturated heterocycles. The second kappa shape index (κ2) is 8.52. The van der Waals surface area contributed by atoms with Crippen molar-refractivity contribution in [3.63, 3.8) is 0 Å². The lowest BCUT2D eigenvalue weighted by Gasteiger charge is -2.30. The van der Waals surface area contributed by atoms with Crippen molar-refractivity contribution in [3.05, 3.63) is 53.1 Å². The van der Waals surface area contributed by atoms with Crippen LogP contribution in [0.1, 0.15) is 21.5 Å². The molecular weight excluding hydrogens is 392 g/mol. The third-order valence-electron chi connectivity index (χ3n) is 5.01. The highest BCUT2D eigenvalue weighted by Gasteiger charge is 2.25. The molecule has 2 aromatic rings. The fourth-order valence-corrected chi connectivity index (χ4v) is 4.00. The van der Waals surface area contributed by atoms with Crippen LogP contribution in [0.5, 0.6) is 5.75 Å². The van der Waals surface area contributed by atoms with E-state index in [1.165, 1.54) is 26.2 Å².